The average molecular weight is 296 g/mol. The minimum Gasteiger partial charge on any atom is -0.372 e. The van der Waals surface area contributed by atoms with Crippen molar-refractivity contribution >= 4 is 15.5 Å². The van der Waals surface area contributed by atoms with Crippen molar-refractivity contribution in [3.05, 3.63) is 29.8 Å². The molecule has 1 atom stereocenters. The van der Waals surface area contributed by atoms with Crippen molar-refractivity contribution in [2.45, 2.75) is 32.9 Å². The van der Waals surface area contributed by atoms with Gasteiger partial charge in [-0.15, -0.1) is 0 Å². The number of anilines is 1. The van der Waals surface area contributed by atoms with E-state index in [1.165, 1.54) is 11.3 Å². The molecule has 1 N–H and O–H groups in total. The Morgan fingerprint density at radius 1 is 1.20 bits per heavy atom. The normalized spacial score (nSPS) is 21.0. The van der Waals surface area contributed by atoms with Crippen LogP contribution in [-0.2, 0) is 16.4 Å². The second-order valence-corrected chi connectivity index (χ2v) is 7.55. The van der Waals surface area contributed by atoms with Crippen LogP contribution >= 0.6 is 0 Å². The number of hydrogen-bond acceptors (Lipinski definition) is 4. The molecule has 0 bridgehead atoms. The van der Waals surface area contributed by atoms with Gasteiger partial charge in [-0.1, -0.05) is 12.1 Å². The summed E-state index contributed by atoms with van der Waals surface area (Å²) in [7, 11) is -2.79. The van der Waals surface area contributed by atoms with Gasteiger partial charge >= 0.3 is 0 Å². The summed E-state index contributed by atoms with van der Waals surface area (Å²) in [5.41, 5.74) is 2.44. The first kappa shape index (κ1) is 15.3. The van der Waals surface area contributed by atoms with E-state index in [9.17, 15) is 8.42 Å². The summed E-state index contributed by atoms with van der Waals surface area (Å²) in [5, 5.41) is 3.34. The lowest BCUT2D eigenvalue weighted by atomic mass is 10.1. The van der Waals surface area contributed by atoms with Gasteiger partial charge in [0.05, 0.1) is 11.5 Å². The molecule has 1 aromatic rings. The van der Waals surface area contributed by atoms with Crippen LogP contribution in [-0.4, -0.2) is 39.1 Å². The van der Waals surface area contributed by atoms with E-state index >= 15 is 0 Å². The number of nitrogens with zero attached hydrogens (tertiary/aromatic N) is 1. The second-order valence-electron chi connectivity index (χ2n) is 5.32. The van der Waals surface area contributed by atoms with E-state index in [0.29, 0.717) is 5.75 Å². The number of sulfone groups is 1. The summed E-state index contributed by atoms with van der Waals surface area (Å²) in [6, 6.07) is 8.61. The monoisotopic (exact) mass is 296 g/mol. The maximum atomic E-state index is 11.4. The molecule has 4 nitrogen and oxygen atoms in total. The minimum absolute atomic E-state index is 0.113. The fourth-order valence-corrected chi connectivity index (χ4v) is 4.34. The molecule has 5 heteroatoms. The molecule has 1 fully saturated rings. The largest absolute Gasteiger partial charge is 0.372 e. The smallest absolute Gasteiger partial charge is 0.151 e. The van der Waals surface area contributed by atoms with Crippen LogP contribution in [0.3, 0.4) is 0 Å². The molecule has 112 valence electrons. The Kier molecular flexibility index (Phi) is 5.05. The molecule has 0 spiro atoms. The van der Waals surface area contributed by atoms with Gasteiger partial charge in [0.15, 0.2) is 9.84 Å². The summed E-state index contributed by atoms with van der Waals surface area (Å²) >= 11 is 0. The molecule has 1 aliphatic heterocycles. The van der Waals surface area contributed by atoms with Crippen LogP contribution in [0.1, 0.15) is 25.8 Å². The lowest BCUT2D eigenvalue weighted by Gasteiger charge is -2.21. The third kappa shape index (κ3) is 3.96. The minimum atomic E-state index is -2.79. The Labute approximate surface area is 122 Å². The molecule has 0 saturated carbocycles. The predicted molar refractivity (Wildman–Crippen MR) is 83.9 cm³/mol. The lowest BCUT2D eigenvalue weighted by molar-refractivity contribution is 0.554. The number of nitrogens with one attached hydrogen (secondary N) is 1. The molecule has 0 radical (unpaired) electrons. The van der Waals surface area contributed by atoms with Gasteiger partial charge in [-0.2, -0.15) is 0 Å². The van der Waals surface area contributed by atoms with Crippen molar-refractivity contribution in [2.75, 3.05) is 29.5 Å². The van der Waals surface area contributed by atoms with Crippen LogP contribution in [0.15, 0.2) is 24.3 Å². The quantitative estimate of drug-likeness (QED) is 0.870. The Bertz CT molecular complexity index is 521. The first-order valence-corrected chi connectivity index (χ1v) is 9.14. The summed E-state index contributed by atoms with van der Waals surface area (Å²) in [4.78, 5) is 2.31. The average Bonchev–Trinajstić information content (AvgIpc) is 2.79. The molecule has 0 aliphatic carbocycles. The fraction of sp³-hybridized carbons (Fsp3) is 0.600. The summed E-state index contributed by atoms with van der Waals surface area (Å²) < 4.78 is 22.8. The number of hydrogen-bond donors (Lipinski definition) is 1. The Balaban J connectivity index is 1.88. The summed E-state index contributed by atoms with van der Waals surface area (Å²) in [6.45, 7) is 7.06. The van der Waals surface area contributed by atoms with E-state index in [-0.39, 0.29) is 11.8 Å². The van der Waals surface area contributed by atoms with Crippen molar-refractivity contribution in [3.63, 3.8) is 0 Å². The van der Waals surface area contributed by atoms with Gasteiger partial charge in [0.25, 0.3) is 0 Å². The zero-order valence-corrected chi connectivity index (χ0v) is 13.1. The topological polar surface area (TPSA) is 49.4 Å². The highest BCUT2D eigenvalue weighted by Gasteiger charge is 2.27. The fourth-order valence-electron chi connectivity index (χ4n) is 2.63. The molecule has 1 aliphatic rings. The SMILES string of the molecule is CCN(CC)c1ccc(CN[C@H]2CCS(=O)(=O)C2)cc1. The van der Waals surface area contributed by atoms with E-state index in [4.69, 9.17) is 0 Å². The zero-order chi connectivity index (χ0) is 14.6. The number of benzene rings is 1. The van der Waals surface area contributed by atoms with Crippen molar-refractivity contribution in [1.29, 1.82) is 0 Å². The van der Waals surface area contributed by atoms with Gasteiger partial charge in [0.1, 0.15) is 0 Å². The second kappa shape index (κ2) is 6.59. The van der Waals surface area contributed by atoms with Crippen LogP contribution in [0.4, 0.5) is 5.69 Å². The molecule has 2 rings (SSSR count). The maximum absolute atomic E-state index is 11.4. The molecular weight excluding hydrogens is 272 g/mol. The molecular formula is C15H24N2O2S. The molecule has 1 aromatic carbocycles. The lowest BCUT2D eigenvalue weighted by Crippen LogP contribution is -2.29. The summed E-state index contributed by atoms with van der Waals surface area (Å²) in [5.74, 6) is 0.607. The molecule has 1 heterocycles. The molecule has 0 unspecified atom stereocenters. The van der Waals surface area contributed by atoms with Crippen LogP contribution in [0.25, 0.3) is 0 Å². The summed E-state index contributed by atoms with van der Waals surface area (Å²) in [6.07, 6.45) is 0.736. The van der Waals surface area contributed by atoms with Crippen molar-refractivity contribution in [2.24, 2.45) is 0 Å². The molecule has 20 heavy (non-hydrogen) atoms. The van der Waals surface area contributed by atoms with Gasteiger partial charge in [0, 0.05) is 31.4 Å². The van der Waals surface area contributed by atoms with E-state index in [2.05, 4.69) is 48.3 Å². The van der Waals surface area contributed by atoms with Crippen molar-refractivity contribution < 1.29 is 8.42 Å². The van der Waals surface area contributed by atoms with Crippen LogP contribution < -0.4 is 10.2 Å². The zero-order valence-electron chi connectivity index (χ0n) is 12.3. The maximum Gasteiger partial charge on any atom is 0.151 e. The van der Waals surface area contributed by atoms with Gasteiger partial charge in [-0.25, -0.2) is 8.42 Å². The van der Waals surface area contributed by atoms with Crippen LogP contribution in [0, 0.1) is 0 Å². The molecule has 1 saturated heterocycles. The Morgan fingerprint density at radius 3 is 2.35 bits per heavy atom. The van der Waals surface area contributed by atoms with Crippen molar-refractivity contribution in [1.82, 2.24) is 5.32 Å². The highest BCUT2D eigenvalue weighted by Crippen LogP contribution is 2.16. The van der Waals surface area contributed by atoms with Crippen molar-refractivity contribution in [3.8, 4) is 0 Å². The van der Waals surface area contributed by atoms with Crippen LogP contribution in [0.5, 0.6) is 0 Å². The van der Waals surface area contributed by atoms with E-state index in [0.717, 1.165) is 26.1 Å². The Hall–Kier alpha value is -1.07. The van der Waals surface area contributed by atoms with Gasteiger partial charge in [-0.3, -0.25) is 0 Å². The first-order chi connectivity index (χ1) is 9.54. The van der Waals surface area contributed by atoms with Gasteiger partial charge < -0.3 is 10.2 Å². The van der Waals surface area contributed by atoms with Gasteiger partial charge in [0.2, 0.25) is 0 Å². The third-order valence-corrected chi connectivity index (χ3v) is 5.66. The standard InChI is InChI=1S/C15H24N2O2S/c1-3-17(4-2)15-7-5-13(6-8-15)11-16-14-9-10-20(18,19)12-14/h5-8,14,16H,3-4,9-12H2,1-2H3/t14-/m0/s1. The Morgan fingerprint density at radius 2 is 1.85 bits per heavy atom. The number of rotatable bonds is 6. The van der Waals surface area contributed by atoms with E-state index in [1.807, 2.05) is 0 Å². The van der Waals surface area contributed by atoms with E-state index < -0.39 is 9.84 Å². The third-order valence-electron chi connectivity index (χ3n) is 3.89. The molecule has 0 aromatic heterocycles. The van der Waals surface area contributed by atoms with Gasteiger partial charge in [-0.05, 0) is 38.0 Å². The highest BCUT2D eigenvalue weighted by molar-refractivity contribution is 7.91. The predicted octanol–water partition coefficient (Wildman–Crippen LogP) is 1.81. The van der Waals surface area contributed by atoms with E-state index in [1.54, 1.807) is 0 Å². The first-order valence-electron chi connectivity index (χ1n) is 7.31. The highest BCUT2D eigenvalue weighted by atomic mass is 32.2. The molecule has 0 amide bonds. The van der Waals surface area contributed by atoms with Crippen LogP contribution in [0.2, 0.25) is 0 Å².